The van der Waals surface area contributed by atoms with Crippen molar-refractivity contribution in [2.24, 2.45) is 4.99 Å². The van der Waals surface area contributed by atoms with Gasteiger partial charge in [-0.1, -0.05) is 24.6 Å². The highest BCUT2D eigenvalue weighted by Gasteiger charge is 2.27. The van der Waals surface area contributed by atoms with Crippen molar-refractivity contribution in [3.05, 3.63) is 29.8 Å². The van der Waals surface area contributed by atoms with Crippen molar-refractivity contribution in [1.82, 2.24) is 15.5 Å². The van der Waals surface area contributed by atoms with Gasteiger partial charge >= 0.3 is 0 Å². The third kappa shape index (κ3) is 5.13. The number of nitrogens with zero attached hydrogens (tertiary/aromatic N) is 2. The van der Waals surface area contributed by atoms with Crippen molar-refractivity contribution in [2.75, 3.05) is 33.8 Å². The molecule has 1 aromatic carbocycles. The lowest BCUT2D eigenvalue weighted by atomic mass is 9.98. The third-order valence-corrected chi connectivity index (χ3v) is 4.76. The molecule has 0 aliphatic carbocycles. The molecular weight excluding hydrogens is 300 g/mol. The number of aliphatic imine (C=N–C) groups is 1. The first-order valence-electron chi connectivity index (χ1n) is 8.88. The van der Waals surface area contributed by atoms with Gasteiger partial charge in [-0.3, -0.25) is 9.89 Å². The van der Waals surface area contributed by atoms with E-state index in [-0.39, 0.29) is 5.54 Å². The standard InChI is InChI=1S/C19H32N4O/c1-19(2,23-12-8-5-9-13-23)15-22-18(20-3)21-14-16-10-6-7-11-17(16)24-4/h6-7,10-11H,5,8-9,12-15H2,1-4H3,(H2,20,21,22). The van der Waals surface area contributed by atoms with E-state index in [4.69, 9.17) is 4.74 Å². The van der Waals surface area contributed by atoms with E-state index >= 15 is 0 Å². The van der Waals surface area contributed by atoms with Crippen LogP contribution in [0.15, 0.2) is 29.3 Å². The van der Waals surface area contributed by atoms with Crippen LogP contribution in [-0.2, 0) is 6.54 Å². The van der Waals surface area contributed by atoms with Gasteiger partial charge in [-0.05, 0) is 45.8 Å². The molecule has 24 heavy (non-hydrogen) atoms. The Hall–Kier alpha value is -1.75. The van der Waals surface area contributed by atoms with Gasteiger partial charge in [-0.15, -0.1) is 0 Å². The van der Waals surface area contributed by atoms with Crippen molar-refractivity contribution in [3.8, 4) is 5.75 Å². The zero-order chi connectivity index (χ0) is 17.4. The normalized spacial score (nSPS) is 16.8. The van der Waals surface area contributed by atoms with Crippen LogP contribution in [0.25, 0.3) is 0 Å². The van der Waals surface area contributed by atoms with E-state index in [1.54, 1.807) is 7.11 Å². The molecule has 2 rings (SSSR count). The lowest BCUT2D eigenvalue weighted by molar-refractivity contribution is 0.0982. The van der Waals surface area contributed by atoms with Gasteiger partial charge in [0, 0.05) is 31.2 Å². The molecule has 0 unspecified atom stereocenters. The molecule has 5 nitrogen and oxygen atoms in total. The first-order chi connectivity index (χ1) is 11.6. The van der Waals surface area contributed by atoms with Crippen molar-refractivity contribution < 1.29 is 4.74 Å². The molecule has 0 radical (unpaired) electrons. The van der Waals surface area contributed by atoms with Crippen LogP contribution in [0.4, 0.5) is 0 Å². The van der Waals surface area contributed by atoms with Crippen LogP contribution in [0.2, 0.25) is 0 Å². The fraction of sp³-hybridized carbons (Fsp3) is 0.632. The topological polar surface area (TPSA) is 48.9 Å². The quantitative estimate of drug-likeness (QED) is 0.621. The molecule has 0 amide bonds. The number of methoxy groups -OCH3 is 1. The van der Waals surface area contributed by atoms with Crippen LogP contribution < -0.4 is 15.4 Å². The number of benzene rings is 1. The Morgan fingerprint density at radius 3 is 2.54 bits per heavy atom. The molecular formula is C19H32N4O. The molecule has 134 valence electrons. The molecule has 0 bridgehead atoms. The van der Waals surface area contributed by atoms with Gasteiger partial charge in [0.2, 0.25) is 0 Å². The predicted molar refractivity (Wildman–Crippen MR) is 101 cm³/mol. The summed E-state index contributed by atoms with van der Waals surface area (Å²) in [7, 11) is 3.51. The number of ether oxygens (including phenoxy) is 1. The largest absolute Gasteiger partial charge is 0.496 e. The number of rotatable bonds is 6. The minimum Gasteiger partial charge on any atom is -0.496 e. The summed E-state index contributed by atoms with van der Waals surface area (Å²) in [5.41, 5.74) is 1.25. The van der Waals surface area contributed by atoms with Gasteiger partial charge in [-0.2, -0.15) is 0 Å². The number of hydrogen-bond acceptors (Lipinski definition) is 3. The molecule has 1 saturated heterocycles. The number of guanidine groups is 1. The summed E-state index contributed by atoms with van der Waals surface area (Å²) < 4.78 is 5.40. The second-order valence-corrected chi connectivity index (χ2v) is 6.95. The van der Waals surface area contributed by atoms with E-state index < -0.39 is 0 Å². The molecule has 0 spiro atoms. The maximum Gasteiger partial charge on any atom is 0.191 e. The van der Waals surface area contributed by atoms with Gasteiger partial charge in [0.25, 0.3) is 0 Å². The minimum atomic E-state index is 0.127. The van der Waals surface area contributed by atoms with Gasteiger partial charge in [0.15, 0.2) is 5.96 Å². The highest BCUT2D eigenvalue weighted by Crippen LogP contribution is 2.20. The average molecular weight is 332 g/mol. The molecule has 1 aliphatic rings. The average Bonchev–Trinajstić information content (AvgIpc) is 2.63. The number of nitrogens with one attached hydrogen (secondary N) is 2. The lowest BCUT2D eigenvalue weighted by Gasteiger charge is -2.41. The molecule has 1 aliphatic heterocycles. The summed E-state index contributed by atoms with van der Waals surface area (Å²) in [6.07, 6.45) is 3.98. The van der Waals surface area contributed by atoms with Gasteiger partial charge in [-0.25, -0.2) is 0 Å². The summed E-state index contributed by atoms with van der Waals surface area (Å²) in [5, 5.41) is 6.85. The maximum absolute atomic E-state index is 5.40. The third-order valence-electron chi connectivity index (χ3n) is 4.76. The minimum absolute atomic E-state index is 0.127. The molecule has 5 heteroatoms. The van der Waals surface area contributed by atoms with Crippen molar-refractivity contribution in [1.29, 1.82) is 0 Å². The van der Waals surface area contributed by atoms with E-state index in [1.165, 1.54) is 32.4 Å². The highest BCUT2D eigenvalue weighted by atomic mass is 16.5. The van der Waals surface area contributed by atoms with E-state index in [1.807, 2.05) is 25.2 Å². The Bertz CT molecular complexity index is 536. The number of hydrogen-bond donors (Lipinski definition) is 2. The SMILES string of the molecule is CN=C(NCc1ccccc1OC)NCC(C)(C)N1CCCCC1. The van der Waals surface area contributed by atoms with Gasteiger partial charge < -0.3 is 15.4 Å². The van der Waals surface area contributed by atoms with Crippen LogP contribution >= 0.6 is 0 Å². The molecule has 2 N–H and O–H groups in total. The second-order valence-electron chi connectivity index (χ2n) is 6.95. The fourth-order valence-corrected chi connectivity index (χ4v) is 3.16. The van der Waals surface area contributed by atoms with E-state index in [9.17, 15) is 0 Å². The first kappa shape index (κ1) is 18.6. The Morgan fingerprint density at radius 2 is 1.88 bits per heavy atom. The Kier molecular flexibility index (Phi) is 6.91. The summed E-state index contributed by atoms with van der Waals surface area (Å²) in [5.74, 6) is 1.72. The van der Waals surface area contributed by atoms with Crippen LogP contribution in [0.1, 0.15) is 38.7 Å². The zero-order valence-electron chi connectivity index (χ0n) is 15.6. The van der Waals surface area contributed by atoms with Gasteiger partial charge in [0.05, 0.1) is 7.11 Å². The molecule has 1 aromatic rings. The zero-order valence-corrected chi connectivity index (χ0v) is 15.6. The number of piperidine rings is 1. The number of para-hydroxylation sites is 1. The van der Waals surface area contributed by atoms with Crippen LogP contribution in [0.5, 0.6) is 5.75 Å². The highest BCUT2D eigenvalue weighted by molar-refractivity contribution is 5.79. The predicted octanol–water partition coefficient (Wildman–Crippen LogP) is 2.62. The van der Waals surface area contributed by atoms with Gasteiger partial charge in [0.1, 0.15) is 5.75 Å². The van der Waals surface area contributed by atoms with Crippen molar-refractivity contribution in [2.45, 2.75) is 45.2 Å². The monoisotopic (exact) mass is 332 g/mol. The van der Waals surface area contributed by atoms with E-state index in [0.29, 0.717) is 6.54 Å². The molecule has 0 atom stereocenters. The van der Waals surface area contributed by atoms with Crippen molar-refractivity contribution in [3.63, 3.8) is 0 Å². The molecule has 0 saturated carbocycles. The van der Waals surface area contributed by atoms with Crippen LogP contribution in [0, 0.1) is 0 Å². The number of likely N-dealkylation sites (tertiary alicyclic amines) is 1. The smallest absolute Gasteiger partial charge is 0.191 e. The van der Waals surface area contributed by atoms with E-state index in [2.05, 4.69) is 40.4 Å². The second kappa shape index (κ2) is 8.92. The Balaban J connectivity index is 1.86. The summed E-state index contributed by atoms with van der Waals surface area (Å²) in [4.78, 5) is 6.92. The van der Waals surface area contributed by atoms with E-state index in [0.717, 1.165) is 23.8 Å². The summed E-state index contributed by atoms with van der Waals surface area (Å²) >= 11 is 0. The Morgan fingerprint density at radius 1 is 1.17 bits per heavy atom. The molecule has 0 aromatic heterocycles. The lowest BCUT2D eigenvalue weighted by Crippen LogP contribution is -2.54. The van der Waals surface area contributed by atoms with Crippen molar-refractivity contribution >= 4 is 5.96 Å². The maximum atomic E-state index is 5.40. The van der Waals surface area contributed by atoms with Crippen LogP contribution in [0.3, 0.4) is 0 Å². The summed E-state index contributed by atoms with van der Waals surface area (Å²) in [6.45, 7) is 8.56. The molecule has 1 fully saturated rings. The Labute approximate surface area is 146 Å². The van der Waals surface area contributed by atoms with Crippen LogP contribution in [-0.4, -0.2) is 50.2 Å². The molecule has 1 heterocycles. The summed E-state index contributed by atoms with van der Waals surface area (Å²) in [6, 6.07) is 8.05. The fourth-order valence-electron chi connectivity index (χ4n) is 3.16. The first-order valence-corrected chi connectivity index (χ1v) is 8.88.